The van der Waals surface area contributed by atoms with Crippen LogP contribution in [0.1, 0.15) is 24.4 Å². The molecule has 1 heterocycles. The van der Waals surface area contributed by atoms with Gasteiger partial charge in [0.2, 0.25) is 11.8 Å². The van der Waals surface area contributed by atoms with E-state index < -0.39 is 0 Å². The quantitative estimate of drug-likeness (QED) is 0.688. The van der Waals surface area contributed by atoms with Gasteiger partial charge in [-0.2, -0.15) is 0 Å². The van der Waals surface area contributed by atoms with Gasteiger partial charge in [0, 0.05) is 12.1 Å². The van der Waals surface area contributed by atoms with Crippen LogP contribution in [0.25, 0.3) is 11.5 Å². The summed E-state index contributed by atoms with van der Waals surface area (Å²) >= 11 is 0. The van der Waals surface area contributed by atoms with Crippen molar-refractivity contribution in [1.82, 2.24) is 15.1 Å². The van der Waals surface area contributed by atoms with Crippen molar-refractivity contribution in [2.24, 2.45) is 0 Å². The van der Waals surface area contributed by atoms with Crippen molar-refractivity contribution < 1.29 is 9.15 Å². The Morgan fingerprint density at radius 3 is 2.42 bits per heavy atom. The molecule has 5 nitrogen and oxygen atoms in total. The molecule has 1 atom stereocenters. The highest BCUT2D eigenvalue weighted by molar-refractivity contribution is 5.53. The first-order valence-corrected chi connectivity index (χ1v) is 7.89. The van der Waals surface area contributed by atoms with E-state index in [9.17, 15) is 0 Å². The van der Waals surface area contributed by atoms with Gasteiger partial charge in [0.15, 0.2) is 0 Å². The highest BCUT2D eigenvalue weighted by atomic mass is 16.5. The number of benzene rings is 2. The zero-order valence-corrected chi connectivity index (χ0v) is 14.1. The summed E-state index contributed by atoms with van der Waals surface area (Å²) in [5.41, 5.74) is 2.13. The van der Waals surface area contributed by atoms with Crippen LogP contribution in [0.15, 0.2) is 59.0 Å². The molecule has 5 heteroatoms. The molecule has 3 aromatic rings. The molecule has 1 unspecified atom stereocenters. The molecule has 3 rings (SSSR count). The van der Waals surface area contributed by atoms with Crippen LogP contribution in [0.3, 0.4) is 0 Å². The second-order valence-electron chi connectivity index (χ2n) is 5.75. The highest BCUT2D eigenvalue weighted by Gasteiger charge is 2.19. The summed E-state index contributed by atoms with van der Waals surface area (Å²) in [5, 5.41) is 8.38. The Hall–Kier alpha value is -2.66. The molecule has 0 amide bonds. The minimum atomic E-state index is 0.0321. The summed E-state index contributed by atoms with van der Waals surface area (Å²) in [6.07, 6.45) is 0. The summed E-state index contributed by atoms with van der Waals surface area (Å²) in [6, 6.07) is 17.9. The Morgan fingerprint density at radius 1 is 1.04 bits per heavy atom. The summed E-state index contributed by atoms with van der Waals surface area (Å²) < 4.78 is 11.0. The standard InChI is InChI=1S/C19H21N3O2/c1-14(22(2)13-15-7-5-4-6-8-15)18-20-21-19(24-18)16-9-11-17(23-3)12-10-16/h4-12,14H,13H2,1-3H3. The highest BCUT2D eigenvalue weighted by Crippen LogP contribution is 2.25. The van der Waals surface area contributed by atoms with Gasteiger partial charge in [-0.15, -0.1) is 10.2 Å². The molecule has 0 aliphatic rings. The normalized spacial score (nSPS) is 12.3. The lowest BCUT2D eigenvalue weighted by atomic mass is 10.2. The summed E-state index contributed by atoms with van der Waals surface area (Å²) in [4.78, 5) is 2.18. The predicted octanol–water partition coefficient (Wildman–Crippen LogP) is 3.94. The summed E-state index contributed by atoms with van der Waals surface area (Å²) in [5.74, 6) is 1.93. The maximum atomic E-state index is 5.86. The zero-order chi connectivity index (χ0) is 16.9. The van der Waals surface area contributed by atoms with Crippen LogP contribution in [-0.2, 0) is 6.54 Å². The fraction of sp³-hybridized carbons (Fsp3) is 0.263. The lowest BCUT2D eigenvalue weighted by molar-refractivity contribution is 0.218. The maximum absolute atomic E-state index is 5.86. The molecule has 124 valence electrons. The second-order valence-corrected chi connectivity index (χ2v) is 5.75. The van der Waals surface area contributed by atoms with Gasteiger partial charge in [-0.25, -0.2) is 0 Å². The topological polar surface area (TPSA) is 51.4 Å². The number of hydrogen-bond acceptors (Lipinski definition) is 5. The molecule has 0 N–H and O–H groups in total. The van der Waals surface area contributed by atoms with Gasteiger partial charge in [-0.05, 0) is 43.8 Å². The van der Waals surface area contributed by atoms with Crippen molar-refractivity contribution in [2.75, 3.05) is 14.2 Å². The van der Waals surface area contributed by atoms with E-state index in [0.29, 0.717) is 11.8 Å². The Bertz CT molecular complexity index is 769. The third-order valence-corrected chi connectivity index (χ3v) is 4.07. The van der Waals surface area contributed by atoms with Crippen LogP contribution < -0.4 is 4.74 Å². The first-order valence-electron chi connectivity index (χ1n) is 7.89. The number of ether oxygens (including phenoxy) is 1. The van der Waals surface area contributed by atoms with Crippen molar-refractivity contribution in [3.8, 4) is 17.2 Å². The maximum Gasteiger partial charge on any atom is 0.247 e. The number of hydrogen-bond donors (Lipinski definition) is 0. The largest absolute Gasteiger partial charge is 0.497 e. The average molecular weight is 323 g/mol. The van der Waals surface area contributed by atoms with E-state index in [2.05, 4.69) is 41.2 Å². The Balaban J connectivity index is 1.71. The lowest BCUT2D eigenvalue weighted by Gasteiger charge is -2.21. The fourth-order valence-corrected chi connectivity index (χ4v) is 2.45. The van der Waals surface area contributed by atoms with Gasteiger partial charge in [-0.3, -0.25) is 4.90 Å². The van der Waals surface area contributed by atoms with Crippen LogP contribution in [0, 0.1) is 0 Å². The van der Waals surface area contributed by atoms with Crippen molar-refractivity contribution in [2.45, 2.75) is 19.5 Å². The molecule has 0 aliphatic heterocycles. The monoisotopic (exact) mass is 323 g/mol. The van der Waals surface area contributed by atoms with Gasteiger partial charge in [0.1, 0.15) is 5.75 Å². The smallest absolute Gasteiger partial charge is 0.247 e. The fourth-order valence-electron chi connectivity index (χ4n) is 2.45. The lowest BCUT2D eigenvalue weighted by Crippen LogP contribution is -2.22. The molecule has 0 aliphatic carbocycles. The Labute approximate surface area is 141 Å². The minimum Gasteiger partial charge on any atom is -0.497 e. The van der Waals surface area contributed by atoms with Gasteiger partial charge in [0.05, 0.1) is 13.2 Å². The van der Waals surface area contributed by atoms with E-state index in [-0.39, 0.29) is 6.04 Å². The molecule has 24 heavy (non-hydrogen) atoms. The van der Waals surface area contributed by atoms with Gasteiger partial charge < -0.3 is 9.15 Å². The average Bonchev–Trinajstić information content (AvgIpc) is 3.12. The van der Waals surface area contributed by atoms with Crippen LogP contribution in [-0.4, -0.2) is 29.3 Å². The van der Waals surface area contributed by atoms with Crippen LogP contribution >= 0.6 is 0 Å². The molecular weight excluding hydrogens is 302 g/mol. The molecule has 0 spiro atoms. The molecule has 0 bridgehead atoms. The van der Waals surface area contributed by atoms with Crippen molar-refractivity contribution in [3.63, 3.8) is 0 Å². The minimum absolute atomic E-state index is 0.0321. The van der Waals surface area contributed by atoms with E-state index in [1.165, 1.54) is 5.56 Å². The van der Waals surface area contributed by atoms with Crippen molar-refractivity contribution >= 4 is 0 Å². The Morgan fingerprint density at radius 2 is 1.75 bits per heavy atom. The molecule has 2 aromatic carbocycles. The summed E-state index contributed by atoms with van der Waals surface area (Å²) in [7, 11) is 3.69. The van der Waals surface area contributed by atoms with Gasteiger partial charge in [0.25, 0.3) is 0 Å². The first-order chi connectivity index (χ1) is 11.7. The molecule has 0 saturated heterocycles. The SMILES string of the molecule is COc1ccc(-c2nnc(C(C)N(C)Cc3ccccc3)o2)cc1. The third kappa shape index (κ3) is 3.63. The summed E-state index contributed by atoms with van der Waals surface area (Å²) in [6.45, 7) is 2.89. The number of aromatic nitrogens is 2. The molecule has 0 fully saturated rings. The molecule has 0 radical (unpaired) electrons. The first kappa shape index (κ1) is 16.2. The van der Waals surface area contributed by atoms with Crippen LogP contribution in [0.5, 0.6) is 5.75 Å². The molecular formula is C19H21N3O2. The van der Waals surface area contributed by atoms with Gasteiger partial charge in [-0.1, -0.05) is 30.3 Å². The molecule has 1 aromatic heterocycles. The van der Waals surface area contributed by atoms with Crippen LogP contribution in [0.4, 0.5) is 0 Å². The van der Waals surface area contributed by atoms with E-state index in [0.717, 1.165) is 17.9 Å². The van der Waals surface area contributed by atoms with Crippen LogP contribution in [0.2, 0.25) is 0 Å². The van der Waals surface area contributed by atoms with Crippen molar-refractivity contribution in [3.05, 3.63) is 66.1 Å². The van der Waals surface area contributed by atoms with Crippen molar-refractivity contribution in [1.29, 1.82) is 0 Å². The third-order valence-electron chi connectivity index (χ3n) is 4.07. The number of nitrogens with zero attached hydrogens (tertiary/aromatic N) is 3. The number of rotatable bonds is 6. The second kappa shape index (κ2) is 7.27. The van der Waals surface area contributed by atoms with E-state index in [1.807, 2.05) is 42.5 Å². The van der Waals surface area contributed by atoms with E-state index in [4.69, 9.17) is 9.15 Å². The van der Waals surface area contributed by atoms with Gasteiger partial charge >= 0.3 is 0 Å². The van der Waals surface area contributed by atoms with E-state index >= 15 is 0 Å². The Kier molecular flexibility index (Phi) is 4.91. The molecule has 0 saturated carbocycles. The zero-order valence-electron chi connectivity index (χ0n) is 14.1. The predicted molar refractivity (Wildman–Crippen MR) is 92.6 cm³/mol. The van der Waals surface area contributed by atoms with E-state index in [1.54, 1.807) is 7.11 Å². The number of methoxy groups -OCH3 is 1.